The van der Waals surface area contributed by atoms with Gasteiger partial charge < -0.3 is 15.3 Å². The molecule has 1 aromatic rings. The van der Waals surface area contributed by atoms with Gasteiger partial charge in [0.2, 0.25) is 0 Å². The third-order valence-electron chi connectivity index (χ3n) is 4.35. The second-order valence-corrected chi connectivity index (χ2v) is 6.12. The second kappa shape index (κ2) is 8.15. The van der Waals surface area contributed by atoms with Crippen LogP contribution in [-0.2, 0) is 6.54 Å². The number of nitrogens with zero attached hydrogens (tertiary/aromatic N) is 2. The minimum atomic E-state index is -0.0947. The Hall–Kier alpha value is -1.59. The van der Waals surface area contributed by atoms with Crippen molar-refractivity contribution >= 4 is 6.03 Å². The van der Waals surface area contributed by atoms with Crippen molar-refractivity contribution < 1.29 is 9.90 Å². The van der Waals surface area contributed by atoms with Gasteiger partial charge >= 0.3 is 6.03 Å². The number of aliphatic hydroxyl groups excluding tert-OH is 1. The van der Waals surface area contributed by atoms with E-state index in [1.165, 1.54) is 10.5 Å². The lowest BCUT2D eigenvalue weighted by Gasteiger charge is -2.38. The molecule has 0 saturated carbocycles. The van der Waals surface area contributed by atoms with Gasteiger partial charge in [-0.3, -0.25) is 4.90 Å². The van der Waals surface area contributed by atoms with Gasteiger partial charge in [-0.05, 0) is 25.3 Å². The molecule has 0 aromatic heterocycles. The standard InChI is InChI=1S/C17H27N3O2/c1-14-12-16(18-17(22)19(2)10-11-21)8-9-20(14)13-15-6-4-3-5-7-15/h3-7,14,16,21H,8-13H2,1-2H3,(H,18,22). The number of carbonyl (C=O) groups excluding carboxylic acids is 1. The van der Waals surface area contributed by atoms with Crippen LogP contribution >= 0.6 is 0 Å². The zero-order valence-corrected chi connectivity index (χ0v) is 13.5. The predicted octanol–water partition coefficient (Wildman–Crippen LogP) is 1.67. The number of benzene rings is 1. The Morgan fingerprint density at radius 1 is 1.41 bits per heavy atom. The van der Waals surface area contributed by atoms with E-state index in [1.807, 2.05) is 6.07 Å². The molecule has 2 rings (SSSR count). The first-order chi connectivity index (χ1) is 10.6. The van der Waals surface area contributed by atoms with E-state index in [-0.39, 0.29) is 18.7 Å². The fraction of sp³-hybridized carbons (Fsp3) is 0.588. The Kier molecular flexibility index (Phi) is 6.21. The van der Waals surface area contributed by atoms with E-state index in [4.69, 9.17) is 5.11 Å². The van der Waals surface area contributed by atoms with Crippen LogP contribution in [0.1, 0.15) is 25.3 Å². The lowest BCUT2D eigenvalue weighted by Crippen LogP contribution is -2.51. The van der Waals surface area contributed by atoms with Crippen molar-refractivity contribution in [2.24, 2.45) is 0 Å². The smallest absolute Gasteiger partial charge is 0.317 e. The quantitative estimate of drug-likeness (QED) is 0.870. The Morgan fingerprint density at radius 3 is 2.77 bits per heavy atom. The molecular weight excluding hydrogens is 278 g/mol. The van der Waals surface area contributed by atoms with E-state index < -0.39 is 0 Å². The van der Waals surface area contributed by atoms with Gasteiger partial charge in [-0.1, -0.05) is 30.3 Å². The monoisotopic (exact) mass is 305 g/mol. The Balaban J connectivity index is 1.81. The first kappa shape index (κ1) is 16.8. The van der Waals surface area contributed by atoms with E-state index in [2.05, 4.69) is 41.4 Å². The lowest BCUT2D eigenvalue weighted by molar-refractivity contribution is 0.125. The third-order valence-corrected chi connectivity index (χ3v) is 4.35. The van der Waals surface area contributed by atoms with Crippen molar-refractivity contribution in [3.63, 3.8) is 0 Å². The maximum atomic E-state index is 12.0. The van der Waals surface area contributed by atoms with E-state index >= 15 is 0 Å². The van der Waals surface area contributed by atoms with Crippen LogP contribution in [-0.4, -0.2) is 59.8 Å². The topological polar surface area (TPSA) is 55.8 Å². The molecule has 2 N–H and O–H groups in total. The molecule has 1 aromatic carbocycles. The van der Waals surface area contributed by atoms with Crippen molar-refractivity contribution in [3.05, 3.63) is 35.9 Å². The molecule has 122 valence electrons. The fourth-order valence-corrected chi connectivity index (χ4v) is 2.94. The predicted molar refractivity (Wildman–Crippen MR) is 87.6 cm³/mol. The van der Waals surface area contributed by atoms with Crippen LogP contribution in [0.25, 0.3) is 0 Å². The van der Waals surface area contributed by atoms with E-state index in [0.717, 1.165) is 25.9 Å². The summed E-state index contributed by atoms with van der Waals surface area (Å²) in [5.74, 6) is 0. The van der Waals surface area contributed by atoms with Gasteiger partial charge in [0.1, 0.15) is 0 Å². The highest BCUT2D eigenvalue weighted by atomic mass is 16.3. The largest absolute Gasteiger partial charge is 0.395 e. The molecule has 0 radical (unpaired) electrons. The Bertz CT molecular complexity index is 466. The van der Waals surface area contributed by atoms with Crippen molar-refractivity contribution in [2.45, 2.75) is 38.4 Å². The number of amides is 2. The molecule has 2 atom stereocenters. The molecule has 2 amide bonds. The Labute approximate surface area is 132 Å². The van der Waals surface area contributed by atoms with E-state index in [9.17, 15) is 4.79 Å². The highest BCUT2D eigenvalue weighted by Crippen LogP contribution is 2.20. The Morgan fingerprint density at radius 2 is 2.14 bits per heavy atom. The lowest BCUT2D eigenvalue weighted by atomic mass is 9.97. The van der Waals surface area contributed by atoms with Crippen LogP contribution in [0.15, 0.2) is 30.3 Å². The van der Waals surface area contributed by atoms with Gasteiger partial charge in [-0.2, -0.15) is 0 Å². The van der Waals surface area contributed by atoms with Crippen LogP contribution in [0.4, 0.5) is 4.79 Å². The molecule has 0 bridgehead atoms. The maximum Gasteiger partial charge on any atom is 0.317 e. The van der Waals surface area contributed by atoms with Crippen LogP contribution in [0.2, 0.25) is 0 Å². The summed E-state index contributed by atoms with van der Waals surface area (Å²) in [7, 11) is 1.71. The summed E-state index contributed by atoms with van der Waals surface area (Å²) in [6.45, 7) is 4.54. The molecule has 2 unspecified atom stereocenters. The zero-order chi connectivity index (χ0) is 15.9. The fourth-order valence-electron chi connectivity index (χ4n) is 2.94. The van der Waals surface area contributed by atoms with Gasteiger partial charge in [-0.25, -0.2) is 4.79 Å². The minimum absolute atomic E-state index is 0.00412. The molecule has 5 heteroatoms. The van der Waals surface area contributed by atoms with Crippen molar-refractivity contribution in [1.29, 1.82) is 0 Å². The van der Waals surface area contributed by atoms with Crippen LogP contribution in [0.5, 0.6) is 0 Å². The zero-order valence-electron chi connectivity index (χ0n) is 13.5. The average Bonchev–Trinajstić information content (AvgIpc) is 2.51. The van der Waals surface area contributed by atoms with Gasteiger partial charge in [0.15, 0.2) is 0 Å². The third kappa shape index (κ3) is 4.71. The molecule has 1 fully saturated rings. The molecule has 1 aliphatic rings. The second-order valence-electron chi connectivity index (χ2n) is 6.12. The molecule has 0 spiro atoms. The SMILES string of the molecule is CC1CC(NC(=O)N(C)CCO)CCN1Cc1ccccc1. The van der Waals surface area contributed by atoms with Gasteiger partial charge in [0.05, 0.1) is 6.61 Å². The van der Waals surface area contributed by atoms with E-state index in [0.29, 0.717) is 12.6 Å². The van der Waals surface area contributed by atoms with Crippen LogP contribution < -0.4 is 5.32 Å². The first-order valence-electron chi connectivity index (χ1n) is 8.00. The molecular formula is C17H27N3O2. The summed E-state index contributed by atoms with van der Waals surface area (Å²) in [6, 6.07) is 11.1. The van der Waals surface area contributed by atoms with Crippen molar-refractivity contribution in [1.82, 2.24) is 15.1 Å². The molecule has 1 aliphatic heterocycles. The number of aliphatic hydroxyl groups is 1. The van der Waals surface area contributed by atoms with Crippen LogP contribution in [0, 0.1) is 0 Å². The summed E-state index contributed by atoms with van der Waals surface area (Å²) in [5.41, 5.74) is 1.33. The molecule has 0 aliphatic carbocycles. The molecule has 5 nitrogen and oxygen atoms in total. The van der Waals surface area contributed by atoms with Crippen LogP contribution in [0.3, 0.4) is 0 Å². The number of carbonyl (C=O) groups is 1. The molecule has 1 heterocycles. The number of hydrogen-bond donors (Lipinski definition) is 2. The van der Waals surface area contributed by atoms with Gasteiger partial charge in [-0.15, -0.1) is 0 Å². The molecule has 22 heavy (non-hydrogen) atoms. The highest BCUT2D eigenvalue weighted by molar-refractivity contribution is 5.74. The first-order valence-corrected chi connectivity index (χ1v) is 8.00. The normalized spacial score (nSPS) is 22.3. The van der Waals surface area contributed by atoms with Crippen molar-refractivity contribution in [2.75, 3.05) is 26.7 Å². The van der Waals surface area contributed by atoms with Crippen molar-refractivity contribution in [3.8, 4) is 0 Å². The number of likely N-dealkylation sites (tertiary alicyclic amines) is 1. The number of hydrogen-bond acceptors (Lipinski definition) is 3. The van der Waals surface area contributed by atoms with Gasteiger partial charge in [0, 0.05) is 38.8 Å². The number of urea groups is 1. The van der Waals surface area contributed by atoms with Gasteiger partial charge in [0.25, 0.3) is 0 Å². The number of piperidine rings is 1. The number of likely N-dealkylation sites (N-methyl/N-ethyl adjacent to an activating group) is 1. The number of nitrogens with one attached hydrogen (secondary N) is 1. The summed E-state index contributed by atoms with van der Waals surface area (Å²) < 4.78 is 0. The maximum absolute atomic E-state index is 12.0. The van der Waals surface area contributed by atoms with E-state index in [1.54, 1.807) is 7.05 Å². The summed E-state index contributed by atoms with van der Waals surface area (Å²) >= 11 is 0. The minimum Gasteiger partial charge on any atom is -0.395 e. The summed E-state index contributed by atoms with van der Waals surface area (Å²) in [4.78, 5) is 16.0. The number of rotatable bonds is 5. The molecule has 1 saturated heterocycles. The average molecular weight is 305 g/mol. The summed E-state index contributed by atoms with van der Waals surface area (Å²) in [5, 5.41) is 11.9. The highest BCUT2D eigenvalue weighted by Gasteiger charge is 2.26. The summed E-state index contributed by atoms with van der Waals surface area (Å²) in [6.07, 6.45) is 1.93.